The van der Waals surface area contributed by atoms with E-state index >= 15 is 0 Å². The Morgan fingerprint density at radius 2 is 1.93 bits per heavy atom. The molecule has 0 fully saturated rings. The lowest BCUT2D eigenvalue weighted by atomic mass is 10.0. The van der Waals surface area contributed by atoms with E-state index in [0.29, 0.717) is 27.5 Å². The molecule has 0 aliphatic carbocycles. The molecule has 3 rings (SSSR count). The number of fused-ring (bicyclic) bond motifs is 1. The highest BCUT2D eigenvalue weighted by Crippen LogP contribution is 2.32. The van der Waals surface area contributed by atoms with E-state index in [-0.39, 0.29) is 12.5 Å². The third kappa shape index (κ3) is 3.86. The third-order valence-electron chi connectivity index (χ3n) is 4.54. The second kappa shape index (κ2) is 8.13. The van der Waals surface area contributed by atoms with Crippen LogP contribution in [-0.2, 0) is 18.3 Å². The number of benzene rings is 2. The highest BCUT2D eigenvalue weighted by Gasteiger charge is 2.20. The van der Waals surface area contributed by atoms with Crippen LogP contribution in [0.2, 0.25) is 10.0 Å². The topological polar surface area (TPSA) is 71.3 Å². The maximum atomic E-state index is 12.8. The van der Waals surface area contributed by atoms with Gasteiger partial charge >= 0.3 is 0 Å². The molecule has 0 bridgehead atoms. The quantitative estimate of drug-likeness (QED) is 0.615. The molecule has 0 saturated heterocycles. The van der Waals surface area contributed by atoms with Gasteiger partial charge in [-0.1, -0.05) is 47.5 Å². The fourth-order valence-corrected chi connectivity index (χ4v) is 3.40. The molecule has 1 atom stereocenters. The summed E-state index contributed by atoms with van der Waals surface area (Å²) in [5, 5.41) is 14.1. The number of aryl methyl sites for hydroxylation is 1. The Hall–Kier alpha value is -2.34. The standard InChI is InChI=1S/C20H18Cl2N2O3/c1-24-17-7-6-15(21)19(22)14(17)10-18(24)20(27)23-16(11-26)13-4-2-12(3-5-13)8-9-25/h2-7,9-10,16,26H,8,11H2,1H3,(H,23,27)/t16-/m1/s1. The number of aliphatic hydroxyl groups excluding tert-OH is 1. The molecular weight excluding hydrogens is 387 g/mol. The Balaban J connectivity index is 1.87. The number of nitrogens with one attached hydrogen (secondary N) is 1. The van der Waals surface area contributed by atoms with E-state index in [9.17, 15) is 14.7 Å². The van der Waals surface area contributed by atoms with Crippen LogP contribution in [0.4, 0.5) is 0 Å². The van der Waals surface area contributed by atoms with Crippen LogP contribution in [0.1, 0.15) is 27.7 Å². The number of hydrogen-bond donors (Lipinski definition) is 2. The van der Waals surface area contributed by atoms with E-state index in [1.165, 1.54) is 0 Å². The second-order valence-electron chi connectivity index (χ2n) is 6.20. The molecule has 2 N–H and O–H groups in total. The summed E-state index contributed by atoms with van der Waals surface area (Å²) in [7, 11) is 1.77. The minimum Gasteiger partial charge on any atom is -0.394 e. The SMILES string of the molecule is Cn1c(C(=O)N[C@H](CO)c2ccc(CC=O)cc2)cc2c(Cl)c(Cl)ccc21. The second-order valence-corrected chi connectivity index (χ2v) is 6.99. The number of aliphatic hydroxyl groups is 1. The van der Waals surface area contributed by atoms with Crippen molar-refractivity contribution in [1.29, 1.82) is 0 Å². The number of halogens is 2. The molecule has 140 valence electrons. The van der Waals surface area contributed by atoms with Gasteiger partial charge in [0.1, 0.15) is 12.0 Å². The fraction of sp³-hybridized carbons (Fsp3) is 0.200. The van der Waals surface area contributed by atoms with Gasteiger partial charge in [0.05, 0.1) is 22.7 Å². The molecular formula is C20H18Cl2N2O3. The van der Waals surface area contributed by atoms with Crippen LogP contribution in [0, 0.1) is 0 Å². The Labute approximate surface area is 166 Å². The molecule has 0 aliphatic rings. The van der Waals surface area contributed by atoms with E-state index < -0.39 is 6.04 Å². The lowest BCUT2D eigenvalue weighted by molar-refractivity contribution is -0.107. The predicted molar refractivity (Wildman–Crippen MR) is 106 cm³/mol. The van der Waals surface area contributed by atoms with Crippen molar-refractivity contribution < 1.29 is 14.7 Å². The van der Waals surface area contributed by atoms with Crippen molar-refractivity contribution in [2.45, 2.75) is 12.5 Å². The van der Waals surface area contributed by atoms with Crippen LogP contribution in [0.5, 0.6) is 0 Å². The zero-order valence-electron chi connectivity index (χ0n) is 14.6. The number of carbonyl (C=O) groups excluding carboxylic acids is 2. The molecule has 0 aliphatic heterocycles. The molecule has 2 aromatic carbocycles. The number of nitrogens with zero attached hydrogens (tertiary/aromatic N) is 1. The number of carbonyl (C=O) groups is 2. The largest absolute Gasteiger partial charge is 0.394 e. The predicted octanol–water partition coefficient (Wildman–Crippen LogP) is 3.69. The molecule has 7 heteroatoms. The first-order valence-electron chi connectivity index (χ1n) is 8.34. The summed E-state index contributed by atoms with van der Waals surface area (Å²) in [4.78, 5) is 23.4. The van der Waals surface area contributed by atoms with Crippen molar-refractivity contribution in [3.05, 3.63) is 69.3 Å². The Morgan fingerprint density at radius 1 is 1.22 bits per heavy atom. The van der Waals surface area contributed by atoms with Crippen LogP contribution in [0.3, 0.4) is 0 Å². The molecule has 0 saturated carbocycles. The van der Waals surface area contributed by atoms with E-state index in [1.807, 2.05) is 0 Å². The smallest absolute Gasteiger partial charge is 0.268 e. The average molecular weight is 405 g/mol. The summed E-state index contributed by atoms with van der Waals surface area (Å²) in [5.74, 6) is -0.336. The van der Waals surface area contributed by atoms with Gasteiger partial charge in [-0.25, -0.2) is 0 Å². The molecule has 1 heterocycles. The molecule has 0 spiro atoms. The summed E-state index contributed by atoms with van der Waals surface area (Å²) in [6, 6.07) is 11.8. The number of rotatable bonds is 6. The van der Waals surface area contributed by atoms with Gasteiger partial charge < -0.3 is 19.8 Å². The summed E-state index contributed by atoms with van der Waals surface area (Å²) in [5.41, 5.74) is 2.82. The minimum absolute atomic E-state index is 0.255. The van der Waals surface area contributed by atoms with E-state index in [4.69, 9.17) is 23.2 Å². The lowest BCUT2D eigenvalue weighted by Crippen LogP contribution is -2.31. The molecule has 5 nitrogen and oxygen atoms in total. The van der Waals surface area contributed by atoms with Crippen LogP contribution < -0.4 is 5.32 Å². The lowest BCUT2D eigenvalue weighted by Gasteiger charge is -2.17. The first-order chi connectivity index (χ1) is 13.0. The van der Waals surface area contributed by atoms with E-state index in [1.54, 1.807) is 54.1 Å². The number of hydrogen-bond acceptors (Lipinski definition) is 3. The Bertz CT molecular complexity index is 997. The highest BCUT2D eigenvalue weighted by atomic mass is 35.5. The van der Waals surface area contributed by atoms with Crippen LogP contribution in [-0.4, -0.2) is 28.5 Å². The molecule has 3 aromatic rings. The van der Waals surface area contributed by atoms with Gasteiger partial charge in [-0.15, -0.1) is 0 Å². The summed E-state index contributed by atoms with van der Waals surface area (Å²) >= 11 is 12.3. The van der Waals surface area contributed by atoms with Crippen molar-refractivity contribution in [1.82, 2.24) is 9.88 Å². The minimum atomic E-state index is -0.570. The van der Waals surface area contributed by atoms with Gasteiger partial charge in [0.2, 0.25) is 0 Å². The molecule has 27 heavy (non-hydrogen) atoms. The summed E-state index contributed by atoms with van der Waals surface area (Å²) < 4.78 is 1.73. The van der Waals surface area contributed by atoms with Gasteiger partial charge in [-0.2, -0.15) is 0 Å². The zero-order chi connectivity index (χ0) is 19.6. The first kappa shape index (κ1) is 19.4. The Kier molecular flexibility index (Phi) is 5.85. The normalized spacial score (nSPS) is 12.1. The monoisotopic (exact) mass is 404 g/mol. The van der Waals surface area contributed by atoms with Gasteiger partial charge in [-0.05, 0) is 29.3 Å². The van der Waals surface area contributed by atoms with Crippen molar-refractivity contribution in [3.63, 3.8) is 0 Å². The third-order valence-corrected chi connectivity index (χ3v) is 5.35. The van der Waals surface area contributed by atoms with E-state index in [0.717, 1.165) is 22.9 Å². The van der Waals surface area contributed by atoms with Crippen LogP contribution in [0.15, 0.2) is 42.5 Å². The number of aldehydes is 1. The highest BCUT2D eigenvalue weighted by molar-refractivity contribution is 6.45. The van der Waals surface area contributed by atoms with Crippen LogP contribution >= 0.6 is 23.2 Å². The first-order valence-corrected chi connectivity index (χ1v) is 9.09. The fourth-order valence-electron chi connectivity index (χ4n) is 3.02. The van der Waals surface area contributed by atoms with Crippen LogP contribution in [0.25, 0.3) is 10.9 Å². The maximum Gasteiger partial charge on any atom is 0.268 e. The maximum absolute atomic E-state index is 12.8. The number of aromatic nitrogens is 1. The zero-order valence-corrected chi connectivity index (χ0v) is 16.1. The van der Waals surface area contributed by atoms with Crippen molar-refractivity contribution >= 4 is 46.3 Å². The molecule has 1 aromatic heterocycles. The Morgan fingerprint density at radius 3 is 2.56 bits per heavy atom. The summed E-state index contributed by atoms with van der Waals surface area (Å²) in [6.07, 6.45) is 1.16. The van der Waals surface area contributed by atoms with Gasteiger partial charge in [0, 0.05) is 24.4 Å². The van der Waals surface area contributed by atoms with Gasteiger partial charge in [0.25, 0.3) is 5.91 Å². The van der Waals surface area contributed by atoms with E-state index in [2.05, 4.69) is 5.32 Å². The number of amides is 1. The van der Waals surface area contributed by atoms with Crippen molar-refractivity contribution in [3.8, 4) is 0 Å². The average Bonchev–Trinajstić information content (AvgIpc) is 3.01. The van der Waals surface area contributed by atoms with Crippen molar-refractivity contribution in [2.75, 3.05) is 6.61 Å². The summed E-state index contributed by atoms with van der Waals surface area (Å²) in [6.45, 7) is -0.255. The van der Waals surface area contributed by atoms with Gasteiger partial charge in [0.15, 0.2) is 0 Å². The molecule has 0 unspecified atom stereocenters. The van der Waals surface area contributed by atoms with Gasteiger partial charge in [-0.3, -0.25) is 4.79 Å². The van der Waals surface area contributed by atoms with Crippen molar-refractivity contribution in [2.24, 2.45) is 7.05 Å². The molecule has 1 amide bonds. The molecule has 0 radical (unpaired) electrons.